The molecule has 1 heterocycles. The molecule has 100 valence electrons. The summed E-state index contributed by atoms with van der Waals surface area (Å²) >= 11 is 0. The van der Waals surface area contributed by atoms with Crippen molar-refractivity contribution in [3.63, 3.8) is 0 Å². The lowest BCUT2D eigenvalue weighted by Crippen LogP contribution is -2.32. The maximum atomic E-state index is 11.7. The minimum absolute atomic E-state index is 0.0324. The first-order valence-electron chi connectivity index (χ1n) is 6.56. The van der Waals surface area contributed by atoms with Crippen molar-refractivity contribution in [3.8, 4) is 0 Å². The highest BCUT2D eigenvalue weighted by Crippen LogP contribution is 2.17. The Hall–Kier alpha value is -1.43. The van der Waals surface area contributed by atoms with Crippen LogP contribution in [0.25, 0.3) is 0 Å². The molecule has 1 aliphatic rings. The first-order chi connectivity index (χ1) is 8.79. The summed E-state index contributed by atoms with van der Waals surface area (Å²) in [6.07, 6.45) is 7.10. The number of nitrogens with zero attached hydrogens (tertiary/aromatic N) is 3. The van der Waals surface area contributed by atoms with Crippen molar-refractivity contribution >= 4 is 5.91 Å². The van der Waals surface area contributed by atoms with Gasteiger partial charge in [0.05, 0.1) is 13.2 Å². The van der Waals surface area contributed by atoms with Gasteiger partial charge in [0.2, 0.25) is 5.91 Å². The van der Waals surface area contributed by atoms with Gasteiger partial charge in [0.25, 0.3) is 0 Å². The molecule has 1 amide bonds. The van der Waals surface area contributed by atoms with Gasteiger partial charge in [-0.15, -0.1) is 0 Å². The van der Waals surface area contributed by atoms with E-state index in [0.717, 1.165) is 18.7 Å². The van der Waals surface area contributed by atoms with Crippen molar-refractivity contribution in [1.29, 1.82) is 0 Å². The van der Waals surface area contributed by atoms with Crippen LogP contribution >= 0.6 is 0 Å². The number of hydrogen-bond acceptors (Lipinski definition) is 4. The molecule has 6 nitrogen and oxygen atoms in total. The van der Waals surface area contributed by atoms with Crippen molar-refractivity contribution in [3.05, 3.63) is 12.2 Å². The molecule has 0 aliphatic heterocycles. The summed E-state index contributed by atoms with van der Waals surface area (Å²) in [6.45, 7) is 0.463. The number of aryl methyl sites for hydroxylation is 1. The Bertz CT molecular complexity index is 385. The van der Waals surface area contributed by atoms with Crippen LogP contribution < -0.4 is 5.32 Å². The molecule has 0 spiro atoms. The Morgan fingerprint density at radius 1 is 1.50 bits per heavy atom. The fourth-order valence-corrected chi connectivity index (χ4v) is 2.36. The second kappa shape index (κ2) is 6.49. The highest BCUT2D eigenvalue weighted by Gasteiger charge is 2.17. The first-order valence-corrected chi connectivity index (χ1v) is 6.56. The zero-order chi connectivity index (χ0) is 12.8. The molecule has 0 saturated heterocycles. The maximum absolute atomic E-state index is 11.7. The number of aliphatic hydroxyl groups excluding tert-OH is 1. The first kappa shape index (κ1) is 13.0. The van der Waals surface area contributed by atoms with Gasteiger partial charge in [0, 0.05) is 18.9 Å². The summed E-state index contributed by atoms with van der Waals surface area (Å²) < 4.78 is 1.64. The fourth-order valence-electron chi connectivity index (χ4n) is 2.36. The van der Waals surface area contributed by atoms with Crippen LogP contribution in [0.1, 0.15) is 37.9 Å². The van der Waals surface area contributed by atoms with Gasteiger partial charge in [0.15, 0.2) is 0 Å². The Kier molecular flexibility index (Phi) is 4.69. The molecule has 6 heteroatoms. The number of nitrogens with one attached hydrogen (secondary N) is 1. The van der Waals surface area contributed by atoms with E-state index in [1.54, 1.807) is 4.68 Å². The summed E-state index contributed by atoms with van der Waals surface area (Å²) in [4.78, 5) is 15.8. The quantitative estimate of drug-likeness (QED) is 0.761. The molecule has 2 N–H and O–H groups in total. The summed E-state index contributed by atoms with van der Waals surface area (Å²) in [5.41, 5.74) is 0. The number of carbonyl (C=O) groups excluding carboxylic acids is 1. The fraction of sp³-hybridized carbons (Fsp3) is 0.750. The Morgan fingerprint density at radius 3 is 3.00 bits per heavy atom. The monoisotopic (exact) mass is 252 g/mol. The van der Waals surface area contributed by atoms with Gasteiger partial charge in [-0.1, -0.05) is 12.8 Å². The number of amides is 1. The second-order valence-corrected chi connectivity index (χ2v) is 4.67. The zero-order valence-corrected chi connectivity index (χ0v) is 10.5. The van der Waals surface area contributed by atoms with Crippen molar-refractivity contribution in [2.45, 2.75) is 51.1 Å². The topological polar surface area (TPSA) is 80.0 Å². The van der Waals surface area contributed by atoms with Crippen LogP contribution in [-0.4, -0.2) is 38.4 Å². The van der Waals surface area contributed by atoms with E-state index in [1.165, 1.54) is 19.2 Å². The number of carbonyl (C=O) groups is 1. The van der Waals surface area contributed by atoms with E-state index in [1.807, 2.05) is 0 Å². The van der Waals surface area contributed by atoms with Crippen LogP contribution in [-0.2, 0) is 17.8 Å². The lowest BCUT2D eigenvalue weighted by atomic mass is 10.2. The zero-order valence-electron chi connectivity index (χ0n) is 10.5. The number of aliphatic hydroxyl groups is 1. The highest BCUT2D eigenvalue weighted by atomic mass is 16.3. The second-order valence-electron chi connectivity index (χ2n) is 4.67. The van der Waals surface area contributed by atoms with Gasteiger partial charge in [-0.2, -0.15) is 5.10 Å². The molecule has 1 fully saturated rings. The third-order valence-electron chi connectivity index (χ3n) is 3.30. The average Bonchev–Trinajstić information content (AvgIpc) is 2.99. The van der Waals surface area contributed by atoms with Crippen molar-refractivity contribution in [2.75, 3.05) is 6.61 Å². The van der Waals surface area contributed by atoms with E-state index in [4.69, 9.17) is 5.11 Å². The molecule has 1 aliphatic carbocycles. The molecule has 1 aromatic rings. The minimum Gasteiger partial charge on any atom is -0.394 e. The van der Waals surface area contributed by atoms with E-state index in [2.05, 4.69) is 15.4 Å². The van der Waals surface area contributed by atoms with Crippen molar-refractivity contribution < 1.29 is 9.90 Å². The molecule has 0 bridgehead atoms. The third kappa shape index (κ3) is 3.53. The normalized spacial score (nSPS) is 16.1. The van der Waals surface area contributed by atoms with Crippen LogP contribution in [0, 0.1) is 0 Å². The van der Waals surface area contributed by atoms with Crippen LogP contribution in [0.15, 0.2) is 6.33 Å². The summed E-state index contributed by atoms with van der Waals surface area (Å²) in [5.74, 6) is 0.839. The highest BCUT2D eigenvalue weighted by molar-refractivity contribution is 5.76. The molecule has 1 saturated carbocycles. The summed E-state index contributed by atoms with van der Waals surface area (Å²) in [7, 11) is 0. The van der Waals surface area contributed by atoms with E-state index < -0.39 is 0 Å². The van der Waals surface area contributed by atoms with E-state index in [0.29, 0.717) is 25.4 Å². The van der Waals surface area contributed by atoms with E-state index >= 15 is 0 Å². The molecular weight excluding hydrogens is 232 g/mol. The predicted octanol–water partition coefficient (Wildman–Crippen LogP) is 0.262. The summed E-state index contributed by atoms with van der Waals surface area (Å²) in [5, 5.41) is 15.9. The van der Waals surface area contributed by atoms with Gasteiger partial charge in [-0.3, -0.25) is 4.79 Å². The van der Waals surface area contributed by atoms with Crippen LogP contribution in [0.4, 0.5) is 0 Å². The predicted molar refractivity (Wildman–Crippen MR) is 65.8 cm³/mol. The Morgan fingerprint density at radius 2 is 2.28 bits per heavy atom. The lowest BCUT2D eigenvalue weighted by molar-refractivity contribution is -0.121. The number of aromatic nitrogens is 3. The third-order valence-corrected chi connectivity index (χ3v) is 3.30. The molecule has 1 aromatic heterocycles. The van der Waals surface area contributed by atoms with Gasteiger partial charge < -0.3 is 10.4 Å². The number of hydrogen-bond donors (Lipinski definition) is 2. The largest absolute Gasteiger partial charge is 0.394 e. The molecule has 0 aromatic carbocycles. The average molecular weight is 252 g/mol. The minimum atomic E-state index is 0.0324. The Balaban J connectivity index is 1.75. The Labute approximate surface area is 106 Å². The van der Waals surface area contributed by atoms with E-state index in [-0.39, 0.29) is 12.5 Å². The lowest BCUT2D eigenvalue weighted by Gasteiger charge is -2.11. The molecule has 0 radical (unpaired) electrons. The smallest absolute Gasteiger partial charge is 0.220 e. The molecular formula is C12H20N4O2. The molecule has 0 atom stereocenters. The van der Waals surface area contributed by atoms with Crippen molar-refractivity contribution in [2.24, 2.45) is 0 Å². The number of rotatable bonds is 6. The van der Waals surface area contributed by atoms with Gasteiger partial charge in [-0.25, -0.2) is 9.67 Å². The maximum Gasteiger partial charge on any atom is 0.220 e. The van der Waals surface area contributed by atoms with Crippen LogP contribution in [0.5, 0.6) is 0 Å². The molecule has 18 heavy (non-hydrogen) atoms. The van der Waals surface area contributed by atoms with Gasteiger partial charge in [0.1, 0.15) is 12.2 Å². The SMILES string of the molecule is O=C(CCc1ncnn1CCO)NC1CCCC1. The summed E-state index contributed by atoms with van der Waals surface area (Å²) in [6, 6.07) is 0.368. The molecule has 2 rings (SSSR count). The molecule has 0 unspecified atom stereocenters. The van der Waals surface area contributed by atoms with Gasteiger partial charge >= 0.3 is 0 Å². The van der Waals surface area contributed by atoms with E-state index in [9.17, 15) is 4.79 Å². The standard InChI is InChI=1S/C12H20N4O2/c17-8-7-16-11(13-9-14-16)5-6-12(18)15-10-3-1-2-4-10/h9-10,17H,1-8H2,(H,15,18). The van der Waals surface area contributed by atoms with Crippen LogP contribution in [0.2, 0.25) is 0 Å². The van der Waals surface area contributed by atoms with Gasteiger partial charge in [-0.05, 0) is 12.8 Å². The van der Waals surface area contributed by atoms with Crippen molar-refractivity contribution in [1.82, 2.24) is 20.1 Å². The van der Waals surface area contributed by atoms with Crippen LogP contribution in [0.3, 0.4) is 0 Å².